The number of likely N-dealkylation sites (tertiary alicyclic amines) is 1. The Morgan fingerprint density at radius 3 is 3.00 bits per heavy atom. The highest BCUT2D eigenvalue weighted by molar-refractivity contribution is 5.74. The van der Waals surface area contributed by atoms with Crippen LogP contribution in [0.1, 0.15) is 56.2 Å². The van der Waals surface area contributed by atoms with Gasteiger partial charge < -0.3 is 15.0 Å². The van der Waals surface area contributed by atoms with Crippen molar-refractivity contribution in [2.45, 2.75) is 52.0 Å². The van der Waals surface area contributed by atoms with Crippen molar-refractivity contribution in [1.29, 1.82) is 0 Å². The molecule has 1 N–H and O–H groups in total. The number of nitrogens with one attached hydrogen (secondary N) is 1. The van der Waals surface area contributed by atoms with Gasteiger partial charge in [-0.2, -0.15) is 0 Å². The van der Waals surface area contributed by atoms with Gasteiger partial charge in [0.2, 0.25) is 0 Å². The van der Waals surface area contributed by atoms with Crippen LogP contribution in [0.15, 0.2) is 24.3 Å². The lowest BCUT2D eigenvalue weighted by molar-refractivity contribution is 0.142. The van der Waals surface area contributed by atoms with Crippen LogP contribution in [0.5, 0.6) is 0 Å². The topological polar surface area (TPSA) is 41.6 Å². The Hall–Kier alpha value is -1.55. The number of urea groups is 1. The maximum Gasteiger partial charge on any atom is 0.317 e. The van der Waals surface area contributed by atoms with Crippen LogP contribution in [-0.2, 0) is 4.74 Å². The number of hydrogen-bond donors (Lipinski definition) is 1. The summed E-state index contributed by atoms with van der Waals surface area (Å²) in [7, 11) is 0. The normalized spacial score (nSPS) is 18.5. The van der Waals surface area contributed by atoms with E-state index in [0.717, 1.165) is 32.4 Å². The highest BCUT2D eigenvalue weighted by Crippen LogP contribution is 2.30. The lowest BCUT2D eigenvalue weighted by Gasteiger charge is -2.31. The minimum Gasteiger partial charge on any atom is -0.382 e. The zero-order chi connectivity index (χ0) is 16.5. The SMILES string of the molecule is CCOCCCNC(=O)N1CCCCCC1c1cccc(C)c1. The zero-order valence-electron chi connectivity index (χ0n) is 14.5. The molecule has 1 unspecified atom stereocenters. The van der Waals surface area contributed by atoms with Crippen LogP contribution >= 0.6 is 0 Å². The second-order valence-corrected chi connectivity index (χ2v) is 6.26. The number of carbonyl (C=O) groups excluding carboxylic acids is 1. The summed E-state index contributed by atoms with van der Waals surface area (Å²) in [6.45, 7) is 7.06. The summed E-state index contributed by atoms with van der Waals surface area (Å²) in [4.78, 5) is 14.7. The van der Waals surface area contributed by atoms with Gasteiger partial charge in [0, 0.05) is 26.3 Å². The quantitative estimate of drug-likeness (QED) is 0.804. The molecule has 1 aromatic rings. The first-order valence-electron chi connectivity index (χ1n) is 8.91. The first-order valence-corrected chi connectivity index (χ1v) is 8.91. The Kier molecular flexibility index (Phi) is 7.40. The molecule has 0 aliphatic carbocycles. The third-order valence-corrected chi connectivity index (χ3v) is 4.39. The Labute approximate surface area is 140 Å². The summed E-state index contributed by atoms with van der Waals surface area (Å²) in [6, 6.07) is 8.83. The van der Waals surface area contributed by atoms with Crippen LogP contribution in [-0.4, -0.2) is 37.2 Å². The van der Waals surface area contributed by atoms with E-state index in [1.165, 1.54) is 24.0 Å². The van der Waals surface area contributed by atoms with Crippen molar-refractivity contribution in [2.75, 3.05) is 26.3 Å². The third kappa shape index (κ3) is 5.54. The van der Waals surface area contributed by atoms with Gasteiger partial charge in [-0.25, -0.2) is 4.79 Å². The molecule has 4 nitrogen and oxygen atoms in total. The van der Waals surface area contributed by atoms with Crippen molar-refractivity contribution >= 4 is 6.03 Å². The Morgan fingerprint density at radius 2 is 2.22 bits per heavy atom. The number of benzene rings is 1. The third-order valence-electron chi connectivity index (χ3n) is 4.39. The Bertz CT molecular complexity index is 490. The second kappa shape index (κ2) is 9.56. The summed E-state index contributed by atoms with van der Waals surface area (Å²) < 4.78 is 5.32. The van der Waals surface area contributed by atoms with E-state index in [9.17, 15) is 4.79 Å². The molecule has 1 aliphatic rings. The van der Waals surface area contributed by atoms with Gasteiger partial charge in [0.05, 0.1) is 6.04 Å². The monoisotopic (exact) mass is 318 g/mol. The van der Waals surface area contributed by atoms with Gasteiger partial charge in [0.15, 0.2) is 0 Å². The van der Waals surface area contributed by atoms with Crippen LogP contribution in [0, 0.1) is 6.92 Å². The van der Waals surface area contributed by atoms with Gasteiger partial charge in [-0.1, -0.05) is 42.7 Å². The summed E-state index contributed by atoms with van der Waals surface area (Å²) in [5.41, 5.74) is 2.51. The predicted molar refractivity (Wildman–Crippen MR) is 93.6 cm³/mol. The molecular formula is C19H30N2O2. The number of aryl methyl sites for hydroxylation is 1. The average molecular weight is 318 g/mol. The van der Waals surface area contributed by atoms with Crippen molar-refractivity contribution < 1.29 is 9.53 Å². The number of amides is 2. The number of hydrogen-bond acceptors (Lipinski definition) is 2. The highest BCUT2D eigenvalue weighted by atomic mass is 16.5. The molecule has 1 heterocycles. The first-order chi connectivity index (χ1) is 11.2. The van der Waals surface area contributed by atoms with E-state index in [1.807, 2.05) is 11.8 Å². The standard InChI is InChI=1S/C19H30N2O2/c1-3-23-14-8-12-20-19(22)21-13-6-4-5-11-18(21)17-10-7-9-16(2)15-17/h7,9-10,15,18H,3-6,8,11-14H2,1-2H3,(H,20,22). The van der Waals surface area contributed by atoms with Gasteiger partial charge in [0.25, 0.3) is 0 Å². The van der Waals surface area contributed by atoms with E-state index >= 15 is 0 Å². The summed E-state index contributed by atoms with van der Waals surface area (Å²) in [5.74, 6) is 0. The van der Waals surface area contributed by atoms with Gasteiger partial charge >= 0.3 is 6.03 Å². The zero-order valence-corrected chi connectivity index (χ0v) is 14.5. The molecule has 2 rings (SSSR count). The molecule has 0 saturated carbocycles. The molecule has 0 bridgehead atoms. The highest BCUT2D eigenvalue weighted by Gasteiger charge is 2.26. The number of ether oxygens (including phenoxy) is 1. The smallest absolute Gasteiger partial charge is 0.317 e. The number of carbonyl (C=O) groups is 1. The summed E-state index contributed by atoms with van der Waals surface area (Å²) in [5, 5.41) is 3.06. The van der Waals surface area contributed by atoms with Crippen molar-refractivity contribution in [2.24, 2.45) is 0 Å². The molecule has 1 aromatic carbocycles. The van der Waals surface area contributed by atoms with E-state index in [1.54, 1.807) is 0 Å². The van der Waals surface area contributed by atoms with Crippen molar-refractivity contribution in [3.63, 3.8) is 0 Å². The molecule has 4 heteroatoms. The molecule has 0 aromatic heterocycles. The maximum absolute atomic E-state index is 12.6. The average Bonchev–Trinajstić information content (AvgIpc) is 2.80. The van der Waals surface area contributed by atoms with Crippen molar-refractivity contribution in [3.8, 4) is 0 Å². The molecule has 23 heavy (non-hydrogen) atoms. The van der Waals surface area contributed by atoms with Crippen LogP contribution in [0.25, 0.3) is 0 Å². The van der Waals surface area contributed by atoms with E-state index in [-0.39, 0.29) is 12.1 Å². The van der Waals surface area contributed by atoms with E-state index in [2.05, 4.69) is 36.5 Å². The fourth-order valence-electron chi connectivity index (χ4n) is 3.19. The largest absolute Gasteiger partial charge is 0.382 e. The molecule has 2 amide bonds. The Morgan fingerprint density at radius 1 is 1.35 bits per heavy atom. The molecule has 1 fully saturated rings. The van der Waals surface area contributed by atoms with Crippen LogP contribution in [0.4, 0.5) is 4.79 Å². The van der Waals surface area contributed by atoms with E-state index in [4.69, 9.17) is 4.74 Å². The fourth-order valence-corrected chi connectivity index (χ4v) is 3.19. The summed E-state index contributed by atoms with van der Waals surface area (Å²) in [6.07, 6.45) is 5.40. The predicted octanol–water partition coefficient (Wildman–Crippen LogP) is 4.05. The number of rotatable bonds is 6. The lowest BCUT2D eigenvalue weighted by Crippen LogP contribution is -2.42. The molecule has 0 radical (unpaired) electrons. The second-order valence-electron chi connectivity index (χ2n) is 6.26. The fraction of sp³-hybridized carbons (Fsp3) is 0.632. The molecule has 128 valence electrons. The molecular weight excluding hydrogens is 288 g/mol. The summed E-state index contributed by atoms with van der Waals surface area (Å²) >= 11 is 0. The van der Waals surface area contributed by atoms with E-state index < -0.39 is 0 Å². The minimum atomic E-state index is 0.0647. The van der Waals surface area contributed by atoms with Crippen molar-refractivity contribution in [3.05, 3.63) is 35.4 Å². The van der Waals surface area contributed by atoms with E-state index in [0.29, 0.717) is 13.2 Å². The molecule has 1 saturated heterocycles. The lowest BCUT2D eigenvalue weighted by atomic mass is 9.99. The van der Waals surface area contributed by atoms with Gasteiger partial charge in [-0.05, 0) is 38.7 Å². The minimum absolute atomic E-state index is 0.0647. The Balaban J connectivity index is 1.98. The number of nitrogens with zero attached hydrogens (tertiary/aromatic N) is 1. The van der Waals surface area contributed by atoms with Crippen molar-refractivity contribution in [1.82, 2.24) is 10.2 Å². The van der Waals surface area contributed by atoms with Gasteiger partial charge in [-0.15, -0.1) is 0 Å². The van der Waals surface area contributed by atoms with Gasteiger partial charge in [-0.3, -0.25) is 0 Å². The first kappa shape index (κ1) is 17.8. The van der Waals surface area contributed by atoms with Crippen LogP contribution < -0.4 is 5.32 Å². The molecule has 0 spiro atoms. The van der Waals surface area contributed by atoms with Crippen LogP contribution in [0.2, 0.25) is 0 Å². The van der Waals surface area contributed by atoms with Gasteiger partial charge in [0.1, 0.15) is 0 Å². The van der Waals surface area contributed by atoms with Crippen LogP contribution in [0.3, 0.4) is 0 Å². The molecule has 1 atom stereocenters. The maximum atomic E-state index is 12.6. The molecule has 1 aliphatic heterocycles.